The van der Waals surface area contributed by atoms with Gasteiger partial charge in [0.15, 0.2) is 11.5 Å². The van der Waals surface area contributed by atoms with Crippen LogP contribution in [-0.2, 0) is 4.74 Å². The van der Waals surface area contributed by atoms with Crippen molar-refractivity contribution >= 4 is 11.7 Å². The molecule has 0 spiro atoms. The second-order valence-electron chi connectivity index (χ2n) is 4.14. The highest BCUT2D eigenvalue weighted by Crippen LogP contribution is 2.32. The first kappa shape index (κ1) is 15.1. The summed E-state index contributed by atoms with van der Waals surface area (Å²) in [7, 11) is 3.02. The third-order valence-electron chi connectivity index (χ3n) is 2.96. The summed E-state index contributed by atoms with van der Waals surface area (Å²) < 4.78 is 15.6. The first-order chi connectivity index (χ1) is 9.07. The van der Waals surface area contributed by atoms with Crippen LogP contribution in [0.2, 0.25) is 0 Å². The Hall–Kier alpha value is -1.91. The Bertz CT molecular complexity index is 441. The van der Waals surface area contributed by atoms with Gasteiger partial charge in [0.2, 0.25) is 0 Å². The number of rotatable bonds is 6. The van der Waals surface area contributed by atoms with Crippen LogP contribution in [0.1, 0.15) is 37.0 Å². The van der Waals surface area contributed by atoms with E-state index in [9.17, 15) is 4.79 Å². The van der Waals surface area contributed by atoms with Crippen molar-refractivity contribution in [2.75, 3.05) is 20.0 Å². The van der Waals surface area contributed by atoms with Gasteiger partial charge in [0.1, 0.15) is 6.10 Å². The van der Waals surface area contributed by atoms with Crippen LogP contribution in [0, 0.1) is 0 Å². The van der Waals surface area contributed by atoms with Crippen LogP contribution in [0.3, 0.4) is 0 Å². The summed E-state index contributed by atoms with van der Waals surface area (Å²) in [5, 5.41) is 0. The van der Waals surface area contributed by atoms with Crippen LogP contribution in [-0.4, -0.2) is 26.3 Å². The molecule has 0 fully saturated rings. The quantitative estimate of drug-likeness (QED) is 0.633. The van der Waals surface area contributed by atoms with E-state index in [4.69, 9.17) is 19.9 Å². The van der Waals surface area contributed by atoms with Crippen molar-refractivity contribution in [1.29, 1.82) is 0 Å². The first-order valence-corrected chi connectivity index (χ1v) is 6.29. The Morgan fingerprint density at radius 2 is 1.68 bits per heavy atom. The van der Waals surface area contributed by atoms with Crippen LogP contribution in [0.25, 0.3) is 0 Å². The standard InChI is InChI=1S/C14H21NO4/c1-5-9(6-2)19-14(16)10-7-12(17-3)13(18-4)8-11(10)15/h7-9H,5-6,15H2,1-4H3. The fraction of sp³-hybridized carbons (Fsp3) is 0.500. The fourth-order valence-electron chi connectivity index (χ4n) is 1.74. The molecule has 106 valence electrons. The maximum absolute atomic E-state index is 12.1. The van der Waals surface area contributed by atoms with Gasteiger partial charge in [0, 0.05) is 12.1 Å². The average molecular weight is 267 g/mol. The average Bonchev–Trinajstić information content (AvgIpc) is 2.43. The molecule has 0 aliphatic carbocycles. The number of nitrogens with two attached hydrogens (primary N) is 1. The molecule has 2 N–H and O–H groups in total. The van der Waals surface area contributed by atoms with Gasteiger partial charge < -0.3 is 19.9 Å². The summed E-state index contributed by atoms with van der Waals surface area (Å²) in [4.78, 5) is 12.1. The molecule has 0 atom stereocenters. The lowest BCUT2D eigenvalue weighted by molar-refractivity contribution is 0.0285. The molecule has 0 aliphatic rings. The van der Waals surface area contributed by atoms with Crippen LogP contribution in [0.5, 0.6) is 11.5 Å². The highest BCUT2D eigenvalue weighted by molar-refractivity contribution is 5.96. The lowest BCUT2D eigenvalue weighted by Gasteiger charge is -2.16. The molecule has 5 heteroatoms. The molecule has 0 saturated carbocycles. The van der Waals surface area contributed by atoms with Crippen molar-refractivity contribution in [3.8, 4) is 11.5 Å². The Balaban J connectivity index is 3.03. The molecule has 0 aromatic heterocycles. The molecule has 0 heterocycles. The Labute approximate surface area is 113 Å². The molecular weight excluding hydrogens is 246 g/mol. The van der Waals surface area contributed by atoms with Crippen LogP contribution >= 0.6 is 0 Å². The zero-order valence-electron chi connectivity index (χ0n) is 11.9. The number of esters is 1. The van der Waals surface area contributed by atoms with E-state index in [0.29, 0.717) is 22.7 Å². The third-order valence-corrected chi connectivity index (χ3v) is 2.96. The van der Waals surface area contributed by atoms with Gasteiger partial charge in [-0.05, 0) is 12.8 Å². The predicted octanol–water partition coefficient (Wildman–Crippen LogP) is 2.63. The van der Waals surface area contributed by atoms with Crippen molar-refractivity contribution in [1.82, 2.24) is 0 Å². The SMILES string of the molecule is CCC(CC)OC(=O)c1cc(OC)c(OC)cc1N. The van der Waals surface area contributed by atoms with E-state index in [1.807, 2.05) is 13.8 Å². The number of anilines is 1. The molecule has 0 amide bonds. The lowest BCUT2D eigenvalue weighted by Crippen LogP contribution is -2.17. The smallest absolute Gasteiger partial charge is 0.340 e. The molecular formula is C14H21NO4. The van der Waals surface area contributed by atoms with Crippen molar-refractivity contribution in [2.45, 2.75) is 32.8 Å². The Morgan fingerprint density at radius 3 is 2.16 bits per heavy atom. The van der Waals surface area contributed by atoms with E-state index >= 15 is 0 Å². The van der Waals surface area contributed by atoms with E-state index in [-0.39, 0.29) is 6.10 Å². The van der Waals surface area contributed by atoms with Gasteiger partial charge in [0.05, 0.1) is 25.5 Å². The van der Waals surface area contributed by atoms with E-state index in [1.165, 1.54) is 14.2 Å². The molecule has 0 radical (unpaired) electrons. The van der Waals surface area contributed by atoms with Gasteiger partial charge in [-0.25, -0.2) is 4.79 Å². The molecule has 0 aliphatic heterocycles. The van der Waals surface area contributed by atoms with Gasteiger partial charge in [-0.1, -0.05) is 13.8 Å². The zero-order chi connectivity index (χ0) is 14.4. The number of carbonyl (C=O) groups is 1. The van der Waals surface area contributed by atoms with Crippen LogP contribution in [0.15, 0.2) is 12.1 Å². The minimum Gasteiger partial charge on any atom is -0.493 e. The van der Waals surface area contributed by atoms with Crippen molar-refractivity contribution in [3.63, 3.8) is 0 Å². The minimum atomic E-state index is -0.438. The molecule has 0 bridgehead atoms. The summed E-state index contributed by atoms with van der Waals surface area (Å²) in [5.41, 5.74) is 6.45. The summed E-state index contributed by atoms with van der Waals surface area (Å²) in [5.74, 6) is 0.499. The number of carbonyl (C=O) groups excluding carboxylic acids is 1. The third kappa shape index (κ3) is 3.53. The normalized spacial score (nSPS) is 10.4. The maximum atomic E-state index is 12.1. The predicted molar refractivity (Wildman–Crippen MR) is 73.7 cm³/mol. The number of hydrogen-bond acceptors (Lipinski definition) is 5. The van der Waals surface area contributed by atoms with Gasteiger partial charge in [0.25, 0.3) is 0 Å². The first-order valence-electron chi connectivity index (χ1n) is 6.29. The summed E-state index contributed by atoms with van der Waals surface area (Å²) in [6.07, 6.45) is 1.45. The van der Waals surface area contributed by atoms with Crippen molar-refractivity contribution in [2.24, 2.45) is 0 Å². The highest BCUT2D eigenvalue weighted by Gasteiger charge is 2.18. The number of benzene rings is 1. The molecule has 5 nitrogen and oxygen atoms in total. The topological polar surface area (TPSA) is 70.8 Å². The summed E-state index contributed by atoms with van der Waals surface area (Å²) in [6, 6.07) is 3.10. The molecule has 1 rings (SSSR count). The van der Waals surface area contributed by atoms with E-state index in [1.54, 1.807) is 12.1 Å². The zero-order valence-corrected chi connectivity index (χ0v) is 11.9. The Kier molecular flexibility index (Phi) is 5.48. The van der Waals surface area contributed by atoms with Crippen molar-refractivity contribution < 1.29 is 19.0 Å². The van der Waals surface area contributed by atoms with Gasteiger partial charge in [-0.15, -0.1) is 0 Å². The number of nitrogen functional groups attached to an aromatic ring is 1. The van der Waals surface area contributed by atoms with Gasteiger partial charge in [-0.3, -0.25) is 0 Å². The van der Waals surface area contributed by atoms with Crippen molar-refractivity contribution in [3.05, 3.63) is 17.7 Å². The lowest BCUT2D eigenvalue weighted by atomic mass is 10.1. The van der Waals surface area contributed by atoms with E-state index in [2.05, 4.69) is 0 Å². The number of methoxy groups -OCH3 is 2. The highest BCUT2D eigenvalue weighted by atomic mass is 16.5. The molecule has 0 unspecified atom stereocenters. The number of hydrogen-bond donors (Lipinski definition) is 1. The molecule has 19 heavy (non-hydrogen) atoms. The maximum Gasteiger partial charge on any atom is 0.340 e. The molecule has 0 saturated heterocycles. The van der Waals surface area contributed by atoms with Crippen LogP contribution in [0.4, 0.5) is 5.69 Å². The van der Waals surface area contributed by atoms with Gasteiger partial charge >= 0.3 is 5.97 Å². The Morgan fingerprint density at radius 1 is 1.16 bits per heavy atom. The second kappa shape index (κ2) is 6.87. The fourth-order valence-corrected chi connectivity index (χ4v) is 1.74. The van der Waals surface area contributed by atoms with E-state index in [0.717, 1.165) is 12.8 Å². The molecule has 1 aromatic rings. The molecule has 1 aromatic carbocycles. The minimum absolute atomic E-state index is 0.0972. The van der Waals surface area contributed by atoms with Gasteiger partial charge in [-0.2, -0.15) is 0 Å². The monoisotopic (exact) mass is 267 g/mol. The van der Waals surface area contributed by atoms with Crippen LogP contribution < -0.4 is 15.2 Å². The van der Waals surface area contributed by atoms with E-state index < -0.39 is 5.97 Å². The number of ether oxygens (including phenoxy) is 3. The second-order valence-corrected chi connectivity index (χ2v) is 4.14. The summed E-state index contributed by atoms with van der Waals surface area (Å²) >= 11 is 0. The largest absolute Gasteiger partial charge is 0.493 e. The summed E-state index contributed by atoms with van der Waals surface area (Å²) in [6.45, 7) is 3.94.